The van der Waals surface area contributed by atoms with E-state index in [-0.39, 0.29) is 5.56 Å². The van der Waals surface area contributed by atoms with E-state index in [1.807, 2.05) is 18.3 Å². The van der Waals surface area contributed by atoms with Gasteiger partial charge in [-0.15, -0.1) is 0 Å². The summed E-state index contributed by atoms with van der Waals surface area (Å²) >= 11 is 12.5. The number of hydrogen-bond donors (Lipinski definition) is 2. The largest absolute Gasteiger partial charge is 0.367 e. The Labute approximate surface area is 206 Å². The zero-order valence-corrected chi connectivity index (χ0v) is 20.2. The number of nitrogens with one attached hydrogen (secondary N) is 2. The minimum atomic E-state index is -0.305. The smallest absolute Gasteiger partial charge is 0.267 e. The van der Waals surface area contributed by atoms with Crippen LogP contribution in [-0.4, -0.2) is 44.7 Å². The van der Waals surface area contributed by atoms with Gasteiger partial charge in [0.25, 0.3) is 5.56 Å². The Morgan fingerprint density at radius 2 is 1.68 bits per heavy atom. The Kier molecular flexibility index (Phi) is 6.12. The predicted octanol–water partition coefficient (Wildman–Crippen LogP) is 4.41. The standard InChI is InChI=1S/C24H23Cl2N7O/c1-14-11-32(12-15(2)30-14)16-6-7-21(27-9-16)31-22-8-20-17(10-28-22)24(34)33(13-29-20)23-18(25)4-3-5-19(23)26/h3-10,13-15,30H,11-12H2,1-2H3,(H,27,28,31)/t14-,15+. The van der Waals surface area contributed by atoms with Crippen LogP contribution in [0, 0.1) is 0 Å². The summed E-state index contributed by atoms with van der Waals surface area (Å²) in [6.45, 7) is 6.24. The minimum Gasteiger partial charge on any atom is -0.367 e. The summed E-state index contributed by atoms with van der Waals surface area (Å²) in [6, 6.07) is 11.6. The van der Waals surface area contributed by atoms with E-state index in [0.29, 0.717) is 50.4 Å². The highest BCUT2D eigenvalue weighted by Gasteiger charge is 2.21. The summed E-state index contributed by atoms with van der Waals surface area (Å²) in [5.74, 6) is 1.20. The third-order valence-electron chi connectivity index (χ3n) is 5.75. The highest BCUT2D eigenvalue weighted by Crippen LogP contribution is 2.27. The summed E-state index contributed by atoms with van der Waals surface area (Å²) in [5.41, 5.74) is 1.67. The summed E-state index contributed by atoms with van der Waals surface area (Å²) in [4.78, 5) is 28.7. The molecule has 0 spiro atoms. The van der Waals surface area contributed by atoms with Crippen LogP contribution in [-0.2, 0) is 0 Å². The van der Waals surface area contributed by atoms with Gasteiger partial charge in [0.15, 0.2) is 0 Å². The number of pyridine rings is 2. The number of rotatable bonds is 4. The lowest BCUT2D eigenvalue weighted by molar-refractivity contribution is 0.407. The zero-order valence-electron chi connectivity index (χ0n) is 18.7. The lowest BCUT2D eigenvalue weighted by Gasteiger charge is -2.37. The maximum absolute atomic E-state index is 13.1. The number of benzene rings is 1. The zero-order chi connectivity index (χ0) is 23.8. The molecule has 8 nitrogen and oxygen atoms in total. The predicted molar refractivity (Wildman–Crippen MR) is 137 cm³/mol. The van der Waals surface area contributed by atoms with Crippen molar-refractivity contribution in [2.24, 2.45) is 0 Å². The Bertz CT molecular complexity index is 1380. The molecule has 0 unspecified atom stereocenters. The Balaban J connectivity index is 1.38. The number of nitrogens with zero attached hydrogens (tertiary/aromatic N) is 5. The third kappa shape index (κ3) is 4.44. The highest BCUT2D eigenvalue weighted by atomic mass is 35.5. The molecular formula is C24H23Cl2N7O. The molecule has 1 aliphatic heterocycles. The molecule has 34 heavy (non-hydrogen) atoms. The van der Waals surface area contributed by atoms with Crippen LogP contribution in [0.15, 0.2) is 59.9 Å². The monoisotopic (exact) mass is 495 g/mol. The lowest BCUT2D eigenvalue weighted by atomic mass is 10.1. The van der Waals surface area contributed by atoms with Crippen LogP contribution in [0.4, 0.5) is 17.3 Å². The molecule has 4 aromatic rings. The fraction of sp³-hybridized carbons (Fsp3) is 0.250. The van der Waals surface area contributed by atoms with E-state index >= 15 is 0 Å². The maximum Gasteiger partial charge on any atom is 0.267 e. The molecule has 1 fully saturated rings. The summed E-state index contributed by atoms with van der Waals surface area (Å²) in [7, 11) is 0. The SMILES string of the molecule is C[C@@H]1CN(c2ccc(Nc3cc4ncn(-c5c(Cl)cccc5Cl)c(=O)c4cn3)nc2)C[C@H](C)N1. The van der Waals surface area contributed by atoms with E-state index in [0.717, 1.165) is 18.8 Å². The summed E-state index contributed by atoms with van der Waals surface area (Å²) in [5, 5.41) is 7.80. The van der Waals surface area contributed by atoms with Gasteiger partial charge in [0.05, 0.1) is 38.5 Å². The second-order valence-corrected chi connectivity index (χ2v) is 9.29. The first-order chi connectivity index (χ1) is 16.4. The molecular weight excluding hydrogens is 473 g/mol. The van der Waals surface area contributed by atoms with Crippen LogP contribution < -0.4 is 21.1 Å². The first-order valence-corrected chi connectivity index (χ1v) is 11.7. The van der Waals surface area contributed by atoms with Crippen molar-refractivity contribution in [1.29, 1.82) is 0 Å². The van der Waals surface area contributed by atoms with Gasteiger partial charge in [-0.25, -0.2) is 15.0 Å². The molecule has 0 aliphatic carbocycles. The molecule has 4 heterocycles. The fourth-order valence-electron chi connectivity index (χ4n) is 4.28. The van der Waals surface area contributed by atoms with Crippen molar-refractivity contribution in [3.05, 3.63) is 75.5 Å². The van der Waals surface area contributed by atoms with Crippen LogP contribution in [0.25, 0.3) is 16.6 Å². The van der Waals surface area contributed by atoms with Crippen molar-refractivity contribution in [3.63, 3.8) is 0 Å². The molecule has 0 radical (unpaired) electrons. The fourth-order valence-corrected chi connectivity index (χ4v) is 4.86. The number of anilines is 3. The normalized spacial score (nSPS) is 18.3. The van der Waals surface area contributed by atoms with Crippen LogP contribution in [0.2, 0.25) is 10.0 Å². The van der Waals surface area contributed by atoms with Crippen molar-refractivity contribution >= 4 is 51.4 Å². The molecule has 5 rings (SSSR count). The molecule has 1 saturated heterocycles. The molecule has 1 aromatic carbocycles. The topological polar surface area (TPSA) is 88.0 Å². The van der Waals surface area contributed by atoms with Crippen molar-refractivity contribution in [3.8, 4) is 5.69 Å². The molecule has 1 aliphatic rings. The van der Waals surface area contributed by atoms with Crippen LogP contribution >= 0.6 is 23.2 Å². The summed E-state index contributed by atoms with van der Waals surface area (Å²) < 4.78 is 1.33. The van der Waals surface area contributed by atoms with Gasteiger partial charge in [-0.1, -0.05) is 29.3 Å². The van der Waals surface area contributed by atoms with Crippen molar-refractivity contribution in [1.82, 2.24) is 24.8 Å². The minimum absolute atomic E-state index is 0.305. The number of halogens is 2. The van der Waals surface area contributed by atoms with Gasteiger partial charge < -0.3 is 15.5 Å². The van der Waals surface area contributed by atoms with E-state index in [4.69, 9.17) is 23.2 Å². The van der Waals surface area contributed by atoms with Gasteiger partial charge in [0.1, 0.15) is 18.0 Å². The average Bonchev–Trinajstić information content (AvgIpc) is 2.80. The molecule has 3 aromatic heterocycles. The second-order valence-electron chi connectivity index (χ2n) is 8.48. The van der Waals surface area contributed by atoms with Gasteiger partial charge in [0.2, 0.25) is 0 Å². The van der Waals surface area contributed by atoms with Gasteiger partial charge in [0, 0.05) is 37.4 Å². The van der Waals surface area contributed by atoms with E-state index in [1.54, 1.807) is 24.3 Å². The Morgan fingerprint density at radius 3 is 2.35 bits per heavy atom. The van der Waals surface area contributed by atoms with E-state index in [2.05, 4.69) is 44.3 Å². The molecule has 174 valence electrons. The molecule has 0 amide bonds. The van der Waals surface area contributed by atoms with Crippen LogP contribution in [0.3, 0.4) is 0 Å². The number of fused-ring (bicyclic) bond motifs is 1. The number of piperazine rings is 1. The van der Waals surface area contributed by atoms with Gasteiger partial charge in [-0.2, -0.15) is 0 Å². The van der Waals surface area contributed by atoms with Crippen molar-refractivity contribution in [2.45, 2.75) is 25.9 Å². The molecule has 0 saturated carbocycles. The highest BCUT2D eigenvalue weighted by molar-refractivity contribution is 6.37. The number of hydrogen-bond acceptors (Lipinski definition) is 7. The van der Waals surface area contributed by atoms with Crippen LogP contribution in [0.1, 0.15) is 13.8 Å². The van der Waals surface area contributed by atoms with E-state index in [1.165, 1.54) is 17.1 Å². The van der Waals surface area contributed by atoms with E-state index in [9.17, 15) is 4.79 Å². The molecule has 10 heteroatoms. The van der Waals surface area contributed by atoms with Gasteiger partial charge in [-0.3, -0.25) is 9.36 Å². The van der Waals surface area contributed by atoms with Crippen molar-refractivity contribution in [2.75, 3.05) is 23.3 Å². The molecule has 2 N–H and O–H groups in total. The summed E-state index contributed by atoms with van der Waals surface area (Å²) in [6.07, 6.45) is 4.77. The number of para-hydroxylation sites is 1. The average molecular weight is 496 g/mol. The first kappa shape index (κ1) is 22.6. The Morgan fingerprint density at radius 1 is 0.971 bits per heavy atom. The maximum atomic E-state index is 13.1. The third-order valence-corrected chi connectivity index (χ3v) is 6.36. The Hall–Kier alpha value is -3.20. The van der Waals surface area contributed by atoms with Crippen LogP contribution in [0.5, 0.6) is 0 Å². The van der Waals surface area contributed by atoms with Gasteiger partial charge >= 0.3 is 0 Å². The molecule has 0 bridgehead atoms. The second kappa shape index (κ2) is 9.21. The lowest BCUT2D eigenvalue weighted by Crippen LogP contribution is -2.54. The van der Waals surface area contributed by atoms with E-state index < -0.39 is 0 Å². The quantitative estimate of drug-likeness (QED) is 0.433. The molecule has 2 atom stereocenters. The number of aromatic nitrogens is 4. The van der Waals surface area contributed by atoms with Gasteiger partial charge in [-0.05, 0) is 38.1 Å². The first-order valence-electron chi connectivity index (χ1n) is 10.9. The van der Waals surface area contributed by atoms with Crippen molar-refractivity contribution < 1.29 is 0 Å².